The Morgan fingerprint density at radius 3 is 2.65 bits per heavy atom. The maximum Gasteiger partial charge on any atom is 0.320 e. The summed E-state index contributed by atoms with van der Waals surface area (Å²) in [6.07, 6.45) is 1.30. The van der Waals surface area contributed by atoms with Gasteiger partial charge in [-0.05, 0) is 59.0 Å². The molecule has 1 fully saturated rings. The van der Waals surface area contributed by atoms with E-state index in [1.54, 1.807) is 6.07 Å². The lowest BCUT2D eigenvalue weighted by Gasteiger charge is -2.34. The Bertz CT molecular complexity index is 843. The normalized spacial score (nSPS) is 21.4. The first-order valence-corrected chi connectivity index (χ1v) is 8.15. The Labute approximate surface area is 143 Å². The van der Waals surface area contributed by atoms with Crippen LogP contribution in [0.2, 0.25) is 0 Å². The van der Waals surface area contributed by atoms with Gasteiger partial charge in [0, 0.05) is 15.1 Å². The number of carbonyl (C=O) groups excluding carboxylic acids is 1. The van der Waals surface area contributed by atoms with E-state index in [2.05, 4.69) is 4.98 Å². The van der Waals surface area contributed by atoms with Gasteiger partial charge in [-0.15, -0.1) is 0 Å². The van der Waals surface area contributed by atoms with Crippen LogP contribution in [-0.2, 0) is 0 Å². The molecule has 3 aliphatic rings. The molecule has 1 aromatic heterocycles. The number of hydrogen-bond acceptors (Lipinski definition) is 2. The van der Waals surface area contributed by atoms with Gasteiger partial charge in [-0.2, -0.15) is 8.78 Å². The number of imidazole rings is 1. The Morgan fingerprint density at radius 2 is 2.04 bits per heavy atom. The van der Waals surface area contributed by atoms with Gasteiger partial charge in [0.05, 0.1) is 11.4 Å². The molecule has 2 bridgehead atoms. The van der Waals surface area contributed by atoms with Gasteiger partial charge < -0.3 is 5.73 Å². The van der Waals surface area contributed by atoms with Crippen LogP contribution in [0.4, 0.5) is 13.2 Å². The third-order valence-corrected chi connectivity index (χ3v) is 5.50. The largest absolute Gasteiger partial charge is 0.363 e. The predicted octanol–water partition coefficient (Wildman–Crippen LogP) is 3.76. The van der Waals surface area contributed by atoms with Crippen molar-refractivity contribution in [3.05, 3.63) is 38.6 Å². The maximum atomic E-state index is 13.9. The fraction of sp³-hybridized carbons (Fsp3) is 0.333. The van der Waals surface area contributed by atoms with Gasteiger partial charge in [-0.25, -0.2) is 9.37 Å². The minimum atomic E-state index is -2.89. The lowest BCUT2D eigenvalue weighted by molar-refractivity contribution is 0.0584. The average Bonchev–Trinajstić information content (AvgIpc) is 2.71. The number of alkyl halides is 2. The minimum absolute atomic E-state index is 0.113. The molecule has 1 amide bonds. The van der Waals surface area contributed by atoms with E-state index >= 15 is 0 Å². The van der Waals surface area contributed by atoms with Gasteiger partial charge in [0.25, 0.3) is 5.91 Å². The van der Waals surface area contributed by atoms with E-state index < -0.39 is 18.3 Å². The van der Waals surface area contributed by atoms with Crippen LogP contribution in [0.1, 0.15) is 53.1 Å². The quantitative estimate of drug-likeness (QED) is 0.734. The number of carbonyl (C=O) groups is 1. The lowest BCUT2D eigenvalue weighted by Crippen LogP contribution is -2.24. The van der Waals surface area contributed by atoms with Gasteiger partial charge >= 0.3 is 6.55 Å². The Kier molecular flexibility index (Phi) is 3.23. The smallest absolute Gasteiger partial charge is 0.320 e. The van der Waals surface area contributed by atoms with Crippen molar-refractivity contribution >= 4 is 28.5 Å². The number of amides is 1. The fourth-order valence-corrected chi connectivity index (χ4v) is 4.07. The van der Waals surface area contributed by atoms with Gasteiger partial charge in [-0.3, -0.25) is 9.36 Å². The Hall–Kier alpha value is -1.58. The van der Waals surface area contributed by atoms with E-state index in [9.17, 15) is 18.0 Å². The number of rotatable bonds is 2. The fourth-order valence-electron chi connectivity index (χ4n) is 3.60. The number of primary amides is 1. The van der Waals surface area contributed by atoms with Crippen LogP contribution in [0.25, 0.3) is 11.3 Å². The summed E-state index contributed by atoms with van der Waals surface area (Å²) in [5, 5.41) is 0. The first-order chi connectivity index (χ1) is 10.9. The molecule has 0 radical (unpaired) electrons. The monoisotopic (exact) mass is 433 g/mol. The zero-order valence-corrected chi connectivity index (χ0v) is 13.9. The lowest BCUT2D eigenvalue weighted by atomic mass is 9.71. The summed E-state index contributed by atoms with van der Waals surface area (Å²) < 4.78 is 42.0. The van der Waals surface area contributed by atoms with Crippen LogP contribution in [0.15, 0.2) is 12.1 Å². The zero-order valence-electron chi connectivity index (χ0n) is 11.7. The summed E-state index contributed by atoms with van der Waals surface area (Å²) in [7, 11) is 0. The molecule has 8 heteroatoms. The maximum absolute atomic E-state index is 13.9. The predicted molar refractivity (Wildman–Crippen MR) is 84.8 cm³/mol. The van der Waals surface area contributed by atoms with E-state index in [-0.39, 0.29) is 17.7 Å². The Balaban J connectivity index is 2.06. The summed E-state index contributed by atoms with van der Waals surface area (Å²) in [5.41, 5.74) is 7.28. The molecular formula is C15H11F3IN3O. The molecule has 5 rings (SSSR count). The standard InChI is InChI=1S/C15H11F3IN3O/c16-9-3-7-5-1-6(2-5)12-11(8(7)4-10(9)19)21-14(13(20)23)22(12)15(17)18/h3-6,15H,1-2H2,(H2,20,23). The van der Waals surface area contributed by atoms with Crippen LogP contribution < -0.4 is 5.73 Å². The molecule has 1 aromatic carbocycles. The molecule has 1 saturated carbocycles. The van der Waals surface area contributed by atoms with E-state index in [1.165, 1.54) is 6.07 Å². The molecular weight excluding hydrogens is 422 g/mol. The molecule has 4 nitrogen and oxygen atoms in total. The van der Waals surface area contributed by atoms with E-state index in [1.807, 2.05) is 22.6 Å². The van der Waals surface area contributed by atoms with Crippen LogP contribution in [0.5, 0.6) is 0 Å². The zero-order chi connectivity index (χ0) is 16.5. The van der Waals surface area contributed by atoms with Crippen molar-refractivity contribution in [2.75, 3.05) is 0 Å². The first-order valence-electron chi connectivity index (χ1n) is 7.07. The topological polar surface area (TPSA) is 60.9 Å². The van der Waals surface area contributed by atoms with Crippen LogP contribution in [0.3, 0.4) is 0 Å². The third-order valence-electron chi connectivity index (χ3n) is 4.68. The van der Waals surface area contributed by atoms with Crippen molar-refractivity contribution in [1.82, 2.24) is 9.55 Å². The van der Waals surface area contributed by atoms with E-state index in [0.717, 1.165) is 5.56 Å². The van der Waals surface area contributed by atoms with Gasteiger partial charge in [0.15, 0.2) is 0 Å². The second kappa shape index (κ2) is 4.96. The molecule has 120 valence electrons. The van der Waals surface area contributed by atoms with Gasteiger partial charge in [0.1, 0.15) is 5.82 Å². The summed E-state index contributed by atoms with van der Waals surface area (Å²) in [6.45, 7) is -2.89. The highest BCUT2D eigenvalue weighted by molar-refractivity contribution is 14.1. The molecule has 3 aliphatic carbocycles. The summed E-state index contributed by atoms with van der Waals surface area (Å²) >= 11 is 1.86. The highest BCUT2D eigenvalue weighted by Crippen LogP contribution is 2.56. The SMILES string of the molecule is NC(=O)c1nc2c(n1C(F)F)C1CC(C1)c1cc(F)c(I)cc1-2. The van der Waals surface area contributed by atoms with Gasteiger partial charge in [0.2, 0.25) is 5.82 Å². The van der Waals surface area contributed by atoms with Crippen LogP contribution in [-0.4, -0.2) is 15.5 Å². The van der Waals surface area contributed by atoms with Crippen molar-refractivity contribution < 1.29 is 18.0 Å². The van der Waals surface area contributed by atoms with Crippen molar-refractivity contribution in [1.29, 1.82) is 0 Å². The summed E-state index contributed by atoms with van der Waals surface area (Å²) in [4.78, 5) is 15.6. The molecule has 0 spiro atoms. The van der Waals surface area contributed by atoms with E-state index in [0.29, 0.717) is 37.9 Å². The summed E-state index contributed by atoms with van der Waals surface area (Å²) in [5.74, 6) is -1.75. The number of nitrogens with two attached hydrogens (primary N) is 1. The highest BCUT2D eigenvalue weighted by Gasteiger charge is 2.43. The third kappa shape index (κ3) is 2.03. The number of benzene rings is 1. The first kappa shape index (κ1) is 15.0. The molecule has 23 heavy (non-hydrogen) atoms. The molecule has 2 aromatic rings. The molecule has 0 atom stereocenters. The molecule has 0 saturated heterocycles. The van der Waals surface area contributed by atoms with Crippen molar-refractivity contribution in [2.45, 2.75) is 31.2 Å². The minimum Gasteiger partial charge on any atom is -0.363 e. The molecule has 0 unspecified atom stereocenters. The number of nitrogens with zero attached hydrogens (tertiary/aromatic N) is 2. The van der Waals surface area contributed by atoms with Crippen LogP contribution >= 0.6 is 22.6 Å². The number of hydrogen-bond donors (Lipinski definition) is 1. The Morgan fingerprint density at radius 1 is 1.35 bits per heavy atom. The van der Waals surface area contributed by atoms with Gasteiger partial charge in [-0.1, -0.05) is 0 Å². The molecule has 1 heterocycles. The second-order valence-corrected chi connectivity index (χ2v) is 7.06. The molecule has 2 N–H and O–H groups in total. The van der Waals surface area contributed by atoms with Crippen molar-refractivity contribution in [3.8, 4) is 11.3 Å². The average molecular weight is 433 g/mol. The number of halogens is 4. The number of aromatic nitrogens is 2. The second-order valence-electron chi connectivity index (χ2n) is 5.90. The summed E-state index contributed by atoms with van der Waals surface area (Å²) in [6, 6.07) is 3.07. The highest BCUT2D eigenvalue weighted by atomic mass is 127. The molecule has 0 aliphatic heterocycles. The van der Waals surface area contributed by atoms with Crippen LogP contribution in [0, 0.1) is 9.39 Å². The van der Waals surface area contributed by atoms with Crippen molar-refractivity contribution in [2.24, 2.45) is 5.73 Å². The van der Waals surface area contributed by atoms with Crippen molar-refractivity contribution in [3.63, 3.8) is 0 Å². The van der Waals surface area contributed by atoms with E-state index in [4.69, 9.17) is 5.73 Å².